The molecule has 0 unspecified atom stereocenters. The minimum absolute atomic E-state index is 0.103. The molecule has 0 radical (unpaired) electrons. The van der Waals surface area contributed by atoms with Crippen molar-refractivity contribution in [3.8, 4) is 10.6 Å². The second-order valence-electron chi connectivity index (χ2n) is 4.56. The van der Waals surface area contributed by atoms with Crippen molar-refractivity contribution in [3.63, 3.8) is 0 Å². The van der Waals surface area contributed by atoms with Crippen LogP contribution >= 0.6 is 22.9 Å². The highest BCUT2D eigenvalue weighted by atomic mass is 35.5. The molecule has 4 rings (SSSR count). The van der Waals surface area contributed by atoms with Gasteiger partial charge in [-0.2, -0.15) is 9.61 Å². The summed E-state index contributed by atoms with van der Waals surface area (Å²) >= 11 is 7.22. The van der Waals surface area contributed by atoms with Crippen LogP contribution in [0, 0.1) is 5.82 Å². The van der Waals surface area contributed by atoms with Gasteiger partial charge in [0.25, 0.3) is 0 Å². The molecule has 0 N–H and O–H groups in total. The van der Waals surface area contributed by atoms with Crippen molar-refractivity contribution in [3.05, 3.63) is 34.9 Å². The van der Waals surface area contributed by atoms with Crippen LogP contribution in [0.4, 0.5) is 4.39 Å². The molecule has 0 spiro atoms. The van der Waals surface area contributed by atoms with Crippen LogP contribution in [0.15, 0.2) is 18.2 Å². The quantitative estimate of drug-likeness (QED) is 0.726. The van der Waals surface area contributed by atoms with Crippen molar-refractivity contribution in [2.45, 2.75) is 18.8 Å². The molecule has 2 heterocycles. The molecule has 4 nitrogen and oxygen atoms in total. The summed E-state index contributed by atoms with van der Waals surface area (Å²) in [5.74, 6) is 0.986. The minimum Gasteiger partial charge on any atom is -0.205 e. The van der Waals surface area contributed by atoms with Gasteiger partial charge in [-0.05, 0) is 31.0 Å². The smallest absolute Gasteiger partial charge is 0.205 e. The predicted molar refractivity (Wildman–Crippen MR) is 71.0 cm³/mol. The lowest BCUT2D eigenvalue weighted by Crippen LogP contribution is -1.93. The normalized spacial score (nSPS) is 15.3. The summed E-state index contributed by atoms with van der Waals surface area (Å²) in [5.41, 5.74) is 0.795. The fourth-order valence-corrected chi connectivity index (χ4v) is 3.00. The van der Waals surface area contributed by atoms with Crippen molar-refractivity contribution in [2.24, 2.45) is 0 Å². The molecular weight excluding hydrogens is 287 g/mol. The first-order chi connectivity index (χ1) is 9.22. The summed E-state index contributed by atoms with van der Waals surface area (Å²) in [6, 6.07) is 4.60. The maximum absolute atomic E-state index is 13.2. The predicted octanol–water partition coefficient (Wildman–Crippen LogP) is 3.52. The van der Waals surface area contributed by atoms with E-state index < -0.39 is 5.82 Å². The van der Waals surface area contributed by atoms with E-state index in [4.69, 9.17) is 11.6 Å². The van der Waals surface area contributed by atoms with E-state index in [0.717, 1.165) is 34.2 Å². The number of aromatic nitrogens is 4. The van der Waals surface area contributed by atoms with Crippen molar-refractivity contribution in [2.75, 3.05) is 0 Å². The second kappa shape index (κ2) is 3.98. The van der Waals surface area contributed by atoms with Crippen LogP contribution < -0.4 is 0 Å². The Labute approximate surface area is 116 Å². The molecule has 0 amide bonds. The maximum Gasteiger partial charge on any atom is 0.234 e. The van der Waals surface area contributed by atoms with Crippen molar-refractivity contribution < 1.29 is 4.39 Å². The molecule has 96 valence electrons. The molecule has 1 aromatic carbocycles. The van der Waals surface area contributed by atoms with Gasteiger partial charge in [0, 0.05) is 11.5 Å². The lowest BCUT2D eigenvalue weighted by Gasteiger charge is -1.97. The van der Waals surface area contributed by atoms with E-state index in [1.165, 1.54) is 17.4 Å². The Morgan fingerprint density at radius 3 is 2.89 bits per heavy atom. The molecule has 0 saturated heterocycles. The highest BCUT2D eigenvalue weighted by Gasteiger charge is 2.30. The average Bonchev–Trinajstić information content (AvgIpc) is 3.01. The Morgan fingerprint density at radius 2 is 2.16 bits per heavy atom. The summed E-state index contributed by atoms with van der Waals surface area (Å²) in [7, 11) is 0. The van der Waals surface area contributed by atoms with E-state index in [-0.39, 0.29) is 5.02 Å². The van der Waals surface area contributed by atoms with Crippen LogP contribution in [0.1, 0.15) is 24.6 Å². The van der Waals surface area contributed by atoms with Crippen molar-refractivity contribution in [1.82, 2.24) is 19.8 Å². The maximum atomic E-state index is 13.2. The second-order valence-corrected chi connectivity index (χ2v) is 5.93. The van der Waals surface area contributed by atoms with Crippen molar-refractivity contribution >= 4 is 27.9 Å². The standard InChI is InChI=1S/C12H8ClFN4S/c13-8-5-7(3-4-9(8)14)11-17-18-10(6-1-2-6)15-16-12(18)19-11/h3-6H,1-2H2. The molecule has 3 aromatic rings. The van der Waals surface area contributed by atoms with Gasteiger partial charge in [0.05, 0.1) is 5.02 Å². The highest BCUT2D eigenvalue weighted by Crippen LogP contribution is 2.40. The molecule has 0 bridgehead atoms. The molecule has 1 aliphatic rings. The molecule has 0 aliphatic heterocycles. The molecule has 0 atom stereocenters. The van der Waals surface area contributed by atoms with Gasteiger partial charge in [-0.3, -0.25) is 0 Å². The van der Waals surface area contributed by atoms with E-state index in [0.29, 0.717) is 5.92 Å². The van der Waals surface area contributed by atoms with E-state index in [1.807, 2.05) is 0 Å². The Balaban J connectivity index is 1.84. The summed E-state index contributed by atoms with van der Waals surface area (Å²) in [4.78, 5) is 0.761. The monoisotopic (exact) mass is 294 g/mol. The molecule has 1 saturated carbocycles. The van der Waals surface area contributed by atoms with E-state index in [9.17, 15) is 4.39 Å². The average molecular weight is 295 g/mol. The zero-order chi connectivity index (χ0) is 13.0. The number of fused-ring (bicyclic) bond motifs is 1. The van der Waals surface area contributed by atoms with Crippen molar-refractivity contribution in [1.29, 1.82) is 0 Å². The summed E-state index contributed by atoms with van der Waals surface area (Å²) in [6.07, 6.45) is 2.30. The van der Waals surface area contributed by atoms with Crippen LogP contribution in [-0.2, 0) is 0 Å². The van der Waals surface area contributed by atoms with Gasteiger partial charge in [0.2, 0.25) is 4.96 Å². The lowest BCUT2D eigenvalue weighted by atomic mass is 10.2. The number of hydrogen-bond acceptors (Lipinski definition) is 4. The van der Waals surface area contributed by atoms with Crippen LogP contribution in [0.25, 0.3) is 15.5 Å². The summed E-state index contributed by atoms with van der Waals surface area (Å²) in [6.45, 7) is 0. The topological polar surface area (TPSA) is 43.1 Å². The van der Waals surface area contributed by atoms with Gasteiger partial charge in [0.15, 0.2) is 5.82 Å². The number of benzene rings is 1. The fourth-order valence-electron chi connectivity index (χ4n) is 1.97. The van der Waals surface area contributed by atoms with E-state index in [2.05, 4.69) is 15.3 Å². The Morgan fingerprint density at radius 1 is 1.32 bits per heavy atom. The number of rotatable bonds is 2. The summed E-state index contributed by atoms with van der Waals surface area (Å²) in [5, 5.41) is 13.7. The molecule has 1 aliphatic carbocycles. The molecular formula is C12H8ClFN4S. The van der Waals surface area contributed by atoms with Gasteiger partial charge in [0.1, 0.15) is 10.8 Å². The molecule has 1 fully saturated rings. The van der Waals surface area contributed by atoms with Gasteiger partial charge in [-0.1, -0.05) is 22.9 Å². The minimum atomic E-state index is -0.424. The first-order valence-corrected chi connectivity index (χ1v) is 7.09. The first-order valence-electron chi connectivity index (χ1n) is 5.90. The van der Waals surface area contributed by atoms with E-state index >= 15 is 0 Å². The Kier molecular flexibility index (Phi) is 2.37. The van der Waals surface area contributed by atoms with Gasteiger partial charge < -0.3 is 0 Å². The number of hydrogen-bond donors (Lipinski definition) is 0. The fraction of sp³-hybridized carbons (Fsp3) is 0.250. The Bertz CT molecular complexity index is 777. The number of nitrogens with zero attached hydrogens (tertiary/aromatic N) is 4. The molecule has 19 heavy (non-hydrogen) atoms. The third kappa shape index (κ3) is 1.82. The van der Waals surface area contributed by atoms with Gasteiger partial charge in [-0.15, -0.1) is 10.2 Å². The van der Waals surface area contributed by atoms with Gasteiger partial charge >= 0.3 is 0 Å². The van der Waals surface area contributed by atoms with Crippen LogP contribution in [0.5, 0.6) is 0 Å². The van der Waals surface area contributed by atoms with Crippen LogP contribution in [0.3, 0.4) is 0 Å². The molecule has 7 heteroatoms. The molecule has 2 aromatic heterocycles. The largest absolute Gasteiger partial charge is 0.234 e. The number of halogens is 2. The lowest BCUT2D eigenvalue weighted by molar-refractivity contribution is 0.628. The summed E-state index contributed by atoms with van der Waals surface area (Å²) < 4.78 is 14.9. The third-order valence-electron chi connectivity index (χ3n) is 3.12. The SMILES string of the molecule is Fc1ccc(-c2nn3c(C4CC4)nnc3s2)cc1Cl. The first kappa shape index (κ1) is 11.3. The highest BCUT2D eigenvalue weighted by molar-refractivity contribution is 7.19. The van der Waals surface area contributed by atoms with Crippen LogP contribution in [-0.4, -0.2) is 19.8 Å². The van der Waals surface area contributed by atoms with E-state index in [1.54, 1.807) is 16.6 Å². The Hall–Kier alpha value is -1.53. The zero-order valence-corrected chi connectivity index (χ0v) is 11.2. The van der Waals surface area contributed by atoms with Gasteiger partial charge in [-0.25, -0.2) is 4.39 Å². The third-order valence-corrected chi connectivity index (χ3v) is 4.36. The van der Waals surface area contributed by atoms with Crippen LogP contribution in [0.2, 0.25) is 5.02 Å². The zero-order valence-electron chi connectivity index (χ0n) is 9.68.